The van der Waals surface area contributed by atoms with Gasteiger partial charge in [0.15, 0.2) is 0 Å². The van der Waals surface area contributed by atoms with Gasteiger partial charge in [-0.25, -0.2) is 0 Å². The number of aryl methyl sites for hydroxylation is 1. The molecule has 0 saturated carbocycles. The van der Waals surface area contributed by atoms with Crippen molar-refractivity contribution in [1.82, 2.24) is 10.2 Å². The molecule has 148 valence electrons. The lowest BCUT2D eigenvalue weighted by molar-refractivity contribution is -0.120. The van der Waals surface area contributed by atoms with E-state index in [0.29, 0.717) is 13.0 Å². The van der Waals surface area contributed by atoms with Crippen LogP contribution in [-0.4, -0.2) is 30.4 Å². The standard InChI is InChI=1S/C21H27N3O.2ClH/c1-16-4-8-18(9-5-16)20(24-12-2-3-13-24)15-23-21(25)14-17-6-10-19(22)11-7-17;;/h4-11,20H,2-3,12-15,22H2,1H3,(H,23,25);2*1H. The van der Waals surface area contributed by atoms with E-state index >= 15 is 0 Å². The summed E-state index contributed by atoms with van der Waals surface area (Å²) in [4.78, 5) is 14.8. The van der Waals surface area contributed by atoms with Crippen molar-refractivity contribution in [3.05, 3.63) is 65.2 Å². The summed E-state index contributed by atoms with van der Waals surface area (Å²) < 4.78 is 0. The minimum Gasteiger partial charge on any atom is -0.399 e. The first kappa shape index (κ1) is 23.3. The zero-order chi connectivity index (χ0) is 17.6. The number of carbonyl (C=O) groups is 1. The second kappa shape index (κ2) is 11.2. The van der Waals surface area contributed by atoms with Crippen LogP contribution in [0.25, 0.3) is 0 Å². The second-order valence-electron chi connectivity index (χ2n) is 6.89. The molecule has 0 spiro atoms. The van der Waals surface area contributed by atoms with Gasteiger partial charge < -0.3 is 11.1 Å². The summed E-state index contributed by atoms with van der Waals surface area (Å²) in [6.45, 7) is 4.96. The fourth-order valence-electron chi connectivity index (χ4n) is 3.39. The first-order chi connectivity index (χ1) is 12.1. The summed E-state index contributed by atoms with van der Waals surface area (Å²) in [5, 5.41) is 3.12. The smallest absolute Gasteiger partial charge is 0.224 e. The highest BCUT2D eigenvalue weighted by molar-refractivity contribution is 5.85. The SMILES string of the molecule is Cc1ccc(C(CNC(=O)Cc2ccc(N)cc2)N2CCCC2)cc1.Cl.Cl. The molecule has 0 radical (unpaired) electrons. The largest absolute Gasteiger partial charge is 0.399 e. The highest BCUT2D eigenvalue weighted by Gasteiger charge is 2.23. The molecule has 1 unspecified atom stereocenters. The fraction of sp³-hybridized carbons (Fsp3) is 0.381. The molecule has 6 heteroatoms. The summed E-state index contributed by atoms with van der Waals surface area (Å²) >= 11 is 0. The number of carbonyl (C=O) groups excluding carboxylic acids is 1. The molecule has 0 bridgehead atoms. The average Bonchev–Trinajstić information content (AvgIpc) is 3.13. The van der Waals surface area contributed by atoms with E-state index in [1.807, 2.05) is 24.3 Å². The maximum atomic E-state index is 12.3. The summed E-state index contributed by atoms with van der Waals surface area (Å²) in [5.41, 5.74) is 9.94. The van der Waals surface area contributed by atoms with Gasteiger partial charge in [0.2, 0.25) is 5.91 Å². The number of nitrogens with zero attached hydrogens (tertiary/aromatic N) is 1. The molecule has 1 aliphatic heterocycles. The third kappa shape index (κ3) is 6.73. The van der Waals surface area contributed by atoms with E-state index in [-0.39, 0.29) is 36.8 Å². The van der Waals surface area contributed by atoms with E-state index < -0.39 is 0 Å². The molecule has 3 N–H and O–H groups in total. The van der Waals surface area contributed by atoms with Gasteiger partial charge in [-0.15, -0.1) is 24.8 Å². The van der Waals surface area contributed by atoms with Crippen molar-refractivity contribution in [3.8, 4) is 0 Å². The van der Waals surface area contributed by atoms with Crippen LogP contribution in [0.5, 0.6) is 0 Å². The van der Waals surface area contributed by atoms with Gasteiger partial charge in [-0.05, 0) is 56.1 Å². The molecule has 0 aliphatic carbocycles. The maximum Gasteiger partial charge on any atom is 0.224 e. The summed E-state index contributed by atoms with van der Waals surface area (Å²) in [6, 6.07) is 16.4. The van der Waals surface area contributed by atoms with E-state index in [1.165, 1.54) is 24.0 Å². The van der Waals surface area contributed by atoms with E-state index in [1.54, 1.807) is 0 Å². The summed E-state index contributed by atoms with van der Waals surface area (Å²) in [7, 11) is 0. The number of hydrogen-bond acceptors (Lipinski definition) is 3. The Labute approximate surface area is 174 Å². The van der Waals surface area contributed by atoms with Crippen molar-refractivity contribution in [2.75, 3.05) is 25.4 Å². The number of halogens is 2. The van der Waals surface area contributed by atoms with Gasteiger partial charge in [0.05, 0.1) is 12.5 Å². The second-order valence-corrected chi connectivity index (χ2v) is 6.89. The molecule has 1 aliphatic rings. The molecular formula is C21H29Cl2N3O. The number of amides is 1. The van der Waals surface area contributed by atoms with Crippen molar-refractivity contribution < 1.29 is 4.79 Å². The zero-order valence-electron chi connectivity index (χ0n) is 15.7. The molecular weight excluding hydrogens is 381 g/mol. The van der Waals surface area contributed by atoms with E-state index in [9.17, 15) is 4.79 Å². The number of rotatable bonds is 6. The van der Waals surface area contributed by atoms with Crippen LogP contribution in [-0.2, 0) is 11.2 Å². The molecule has 4 nitrogen and oxygen atoms in total. The predicted molar refractivity (Wildman–Crippen MR) is 117 cm³/mol. The quantitative estimate of drug-likeness (QED) is 0.710. The number of benzene rings is 2. The van der Waals surface area contributed by atoms with Gasteiger partial charge in [-0.3, -0.25) is 9.69 Å². The number of nitrogen functional groups attached to an aromatic ring is 1. The Kier molecular flexibility index (Phi) is 9.64. The first-order valence-corrected chi connectivity index (χ1v) is 9.03. The fourth-order valence-corrected chi connectivity index (χ4v) is 3.39. The zero-order valence-corrected chi connectivity index (χ0v) is 17.3. The Morgan fingerprint density at radius 3 is 2.22 bits per heavy atom. The lowest BCUT2D eigenvalue weighted by Gasteiger charge is -2.28. The van der Waals surface area contributed by atoms with E-state index in [0.717, 1.165) is 24.3 Å². The molecule has 0 aromatic heterocycles. The van der Waals surface area contributed by atoms with Crippen molar-refractivity contribution in [2.24, 2.45) is 0 Å². The number of nitrogens with one attached hydrogen (secondary N) is 1. The number of anilines is 1. The van der Waals surface area contributed by atoms with E-state index in [2.05, 4.69) is 41.4 Å². The molecule has 2 aromatic carbocycles. The molecule has 1 amide bonds. The van der Waals surface area contributed by atoms with Crippen LogP contribution in [0.15, 0.2) is 48.5 Å². The Morgan fingerprint density at radius 2 is 1.63 bits per heavy atom. The monoisotopic (exact) mass is 409 g/mol. The van der Waals surface area contributed by atoms with Gasteiger partial charge in [-0.2, -0.15) is 0 Å². The highest BCUT2D eigenvalue weighted by atomic mass is 35.5. The molecule has 1 atom stereocenters. The Hall–Kier alpha value is -1.75. The van der Waals surface area contributed by atoms with Crippen molar-refractivity contribution >= 4 is 36.4 Å². The van der Waals surface area contributed by atoms with Crippen LogP contribution in [0.1, 0.15) is 35.6 Å². The first-order valence-electron chi connectivity index (χ1n) is 9.03. The van der Waals surface area contributed by atoms with Crippen molar-refractivity contribution in [1.29, 1.82) is 0 Å². The lowest BCUT2D eigenvalue weighted by Crippen LogP contribution is -2.37. The van der Waals surface area contributed by atoms with Crippen LogP contribution in [0.2, 0.25) is 0 Å². The lowest BCUT2D eigenvalue weighted by atomic mass is 10.0. The molecule has 1 saturated heterocycles. The van der Waals surface area contributed by atoms with Gasteiger partial charge >= 0.3 is 0 Å². The van der Waals surface area contributed by atoms with Crippen LogP contribution >= 0.6 is 24.8 Å². The topological polar surface area (TPSA) is 58.4 Å². The van der Waals surface area contributed by atoms with Crippen LogP contribution < -0.4 is 11.1 Å². The molecule has 27 heavy (non-hydrogen) atoms. The molecule has 2 aromatic rings. The third-order valence-electron chi connectivity index (χ3n) is 4.88. The summed E-state index contributed by atoms with van der Waals surface area (Å²) in [5.74, 6) is 0.0566. The van der Waals surface area contributed by atoms with Gasteiger partial charge in [0, 0.05) is 12.2 Å². The Balaban J connectivity index is 0.00000182. The molecule has 1 fully saturated rings. The van der Waals surface area contributed by atoms with Crippen LogP contribution in [0.3, 0.4) is 0 Å². The molecule has 1 heterocycles. The Bertz CT molecular complexity index is 698. The molecule has 3 rings (SSSR count). The van der Waals surface area contributed by atoms with Crippen molar-refractivity contribution in [2.45, 2.75) is 32.2 Å². The number of hydrogen-bond donors (Lipinski definition) is 2. The van der Waals surface area contributed by atoms with Crippen LogP contribution in [0, 0.1) is 6.92 Å². The van der Waals surface area contributed by atoms with Crippen molar-refractivity contribution in [3.63, 3.8) is 0 Å². The van der Waals surface area contributed by atoms with Gasteiger partial charge in [0.1, 0.15) is 0 Å². The Morgan fingerprint density at radius 1 is 1.04 bits per heavy atom. The average molecular weight is 410 g/mol. The maximum absolute atomic E-state index is 12.3. The van der Waals surface area contributed by atoms with Gasteiger partial charge in [0.25, 0.3) is 0 Å². The number of nitrogens with two attached hydrogens (primary N) is 1. The minimum atomic E-state index is 0. The van der Waals surface area contributed by atoms with E-state index in [4.69, 9.17) is 5.73 Å². The number of likely N-dealkylation sites (tertiary alicyclic amines) is 1. The minimum absolute atomic E-state index is 0. The summed E-state index contributed by atoms with van der Waals surface area (Å²) in [6.07, 6.45) is 2.87. The van der Waals surface area contributed by atoms with Gasteiger partial charge in [-0.1, -0.05) is 42.0 Å². The highest BCUT2D eigenvalue weighted by Crippen LogP contribution is 2.25. The predicted octanol–water partition coefficient (Wildman–Crippen LogP) is 3.92. The third-order valence-corrected chi connectivity index (χ3v) is 4.88. The van der Waals surface area contributed by atoms with Crippen LogP contribution in [0.4, 0.5) is 5.69 Å². The normalized spacial score (nSPS) is 14.7.